The summed E-state index contributed by atoms with van der Waals surface area (Å²) in [7, 11) is 3.10. The van der Waals surface area contributed by atoms with Crippen LogP contribution in [0.25, 0.3) is 22.2 Å². The number of aromatic nitrogens is 3. The zero-order chi connectivity index (χ0) is 23.2. The van der Waals surface area contributed by atoms with E-state index in [9.17, 15) is 18.0 Å². The maximum atomic E-state index is 15.1. The Morgan fingerprint density at radius 3 is 2.44 bits per heavy atom. The van der Waals surface area contributed by atoms with Crippen molar-refractivity contribution in [2.75, 3.05) is 11.9 Å². The van der Waals surface area contributed by atoms with Crippen molar-refractivity contribution in [3.05, 3.63) is 77.4 Å². The SMILES string of the molecule is Cc1cc(-c2ccc3cc(C(F)(F)F)ccc3n2)cc(F)c1N(C)C(=O)c1ccnn1C. The molecule has 9 heteroatoms. The van der Waals surface area contributed by atoms with E-state index in [1.165, 1.54) is 41.0 Å². The lowest BCUT2D eigenvalue weighted by atomic mass is 10.0. The number of amides is 1. The highest BCUT2D eigenvalue weighted by Crippen LogP contribution is 2.33. The van der Waals surface area contributed by atoms with Gasteiger partial charge in [0.1, 0.15) is 11.5 Å². The van der Waals surface area contributed by atoms with Gasteiger partial charge in [0.05, 0.1) is 22.5 Å². The highest BCUT2D eigenvalue weighted by molar-refractivity contribution is 6.05. The first kappa shape index (κ1) is 21.5. The van der Waals surface area contributed by atoms with Gasteiger partial charge >= 0.3 is 6.18 Å². The van der Waals surface area contributed by atoms with Gasteiger partial charge < -0.3 is 4.90 Å². The number of anilines is 1. The number of benzene rings is 2. The summed E-state index contributed by atoms with van der Waals surface area (Å²) in [6, 6.07) is 10.8. The molecule has 0 N–H and O–H groups in total. The number of hydrogen-bond donors (Lipinski definition) is 0. The van der Waals surface area contributed by atoms with Crippen LogP contribution in [0.15, 0.2) is 54.7 Å². The van der Waals surface area contributed by atoms with Gasteiger partial charge in [-0.3, -0.25) is 9.48 Å². The van der Waals surface area contributed by atoms with Crippen LogP contribution >= 0.6 is 0 Å². The first-order valence-corrected chi connectivity index (χ1v) is 9.61. The standard InChI is InChI=1S/C23H18F4N4O/c1-13-10-15(12-17(24)21(13)30(2)22(32)20-8-9-28-31(20)3)19-6-4-14-11-16(23(25,26)27)5-7-18(14)29-19/h4-12H,1-3H3. The van der Waals surface area contributed by atoms with E-state index in [-0.39, 0.29) is 5.69 Å². The number of fused-ring (bicyclic) bond motifs is 1. The maximum absolute atomic E-state index is 15.1. The molecule has 164 valence electrons. The van der Waals surface area contributed by atoms with Gasteiger partial charge in [0.2, 0.25) is 0 Å². The van der Waals surface area contributed by atoms with Crippen LogP contribution in [0.3, 0.4) is 0 Å². The molecule has 0 radical (unpaired) electrons. The molecule has 4 aromatic rings. The Hall–Kier alpha value is -3.75. The van der Waals surface area contributed by atoms with Crippen molar-refractivity contribution < 1.29 is 22.4 Å². The van der Waals surface area contributed by atoms with Gasteiger partial charge in [-0.15, -0.1) is 0 Å². The van der Waals surface area contributed by atoms with E-state index in [0.29, 0.717) is 33.4 Å². The third-order valence-electron chi connectivity index (χ3n) is 5.25. The third-order valence-corrected chi connectivity index (χ3v) is 5.25. The van der Waals surface area contributed by atoms with Crippen molar-refractivity contribution in [1.29, 1.82) is 0 Å². The predicted molar refractivity (Wildman–Crippen MR) is 113 cm³/mol. The topological polar surface area (TPSA) is 51.0 Å². The Morgan fingerprint density at radius 2 is 1.81 bits per heavy atom. The molecule has 0 saturated heterocycles. The number of aryl methyl sites for hydroxylation is 2. The first-order chi connectivity index (χ1) is 15.1. The predicted octanol–water partition coefficient (Wildman–Crippen LogP) is 5.38. The molecule has 0 fully saturated rings. The molecule has 1 amide bonds. The lowest BCUT2D eigenvalue weighted by molar-refractivity contribution is -0.137. The van der Waals surface area contributed by atoms with Crippen LogP contribution in [-0.2, 0) is 13.2 Å². The molecule has 0 unspecified atom stereocenters. The van der Waals surface area contributed by atoms with Crippen molar-refractivity contribution in [3.8, 4) is 11.3 Å². The second kappa shape index (κ2) is 7.74. The second-order valence-corrected chi connectivity index (χ2v) is 7.43. The number of nitrogens with zero attached hydrogens (tertiary/aromatic N) is 4. The Labute approximate surface area is 180 Å². The number of alkyl halides is 3. The van der Waals surface area contributed by atoms with Crippen LogP contribution in [-0.4, -0.2) is 27.7 Å². The summed E-state index contributed by atoms with van der Waals surface area (Å²) in [5.41, 5.74) is 1.40. The molecule has 0 aliphatic rings. The highest BCUT2D eigenvalue weighted by Gasteiger charge is 2.30. The van der Waals surface area contributed by atoms with Crippen LogP contribution in [0.1, 0.15) is 21.6 Å². The molecule has 2 heterocycles. The summed E-state index contributed by atoms with van der Waals surface area (Å²) in [5.74, 6) is -1.03. The molecule has 0 aliphatic heterocycles. The lowest BCUT2D eigenvalue weighted by Crippen LogP contribution is -2.29. The Bertz CT molecular complexity index is 1320. The van der Waals surface area contributed by atoms with E-state index < -0.39 is 23.5 Å². The largest absolute Gasteiger partial charge is 0.416 e. The summed E-state index contributed by atoms with van der Waals surface area (Å²) in [6.07, 6.45) is -2.96. The molecule has 5 nitrogen and oxygen atoms in total. The fraction of sp³-hybridized carbons (Fsp3) is 0.174. The van der Waals surface area contributed by atoms with Crippen molar-refractivity contribution in [2.24, 2.45) is 7.05 Å². The van der Waals surface area contributed by atoms with Crippen LogP contribution in [0, 0.1) is 12.7 Å². The lowest BCUT2D eigenvalue weighted by Gasteiger charge is -2.21. The Kier molecular flexibility index (Phi) is 5.20. The van der Waals surface area contributed by atoms with Crippen LogP contribution < -0.4 is 4.90 Å². The monoisotopic (exact) mass is 442 g/mol. The van der Waals surface area contributed by atoms with E-state index in [1.54, 1.807) is 32.2 Å². The molecule has 0 bridgehead atoms. The van der Waals surface area contributed by atoms with E-state index in [1.807, 2.05) is 0 Å². The maximum Gasteiger partial charge on any atom is 0.416 e. The molecule has 0 saturated carbocycles. The zero-order valence-corrected chi connectivity index (χ0v) is 17.4. The van der Waals surface area contributed by atoms with Crippen LogP contribution in [0.2, 0.25) is 0 Å². The minimum atomic E-state index is -4.44. The van der Waals surface area contributed by atoms with E-state index in [0.717, 1.165) is 12.1 Å². The van der Waals surface area contributed by atoms with E-state index >= 15 is 4.39 Å². The van der Waals surface area contributed by atoms with Crippen LogP contribution in [0.4, 0.5) is 23.2 Å². The van der Waals surface area contributed by atoms with Gasteiger partial charge in [-0.25, -0.2) is 9.37 Å². The molecule has 2 aromatic heterocycles. The average molecular weight is 442 g/mol. The minimum absolute atomic E-state index is 0.121. The number of hydrogen-bond acceptors (Lipinski definition) is 3. The average Bonchev–Trinajstić information content (AvgIpc) is 3.16. The zero-order valence-electron chi connectivity index (χ0n) is 17.4. The highest BCUT2D eigenvalue weighted by atomic mass is 19.4. The quantitative estimate of drug-likeness (QED) is 0.401. The van der Waals surface area contributed by atoms with Gasteiger partial charge in [-0.2, -0.15) is 18.3 Å². The number of carbonyl (C=O) groups is 1. The Balaban J connectivity index is 1.70. The minimum Gasteiger partial charge on any atom is -0.307 e. The first-order valence-electron chi connectivity index (χ1n) is 9.61. The third kappa shape index (κ3) is 3.81. The summed E-state index contributed by atoms with van der Waals surface area (Å²) >= 11 is 0. The van der Waals surface area contributed by atoms with Gasteiger partial charge in [0.15, 0.2) is 0 Å². The van der Waals surface area contributed by atoms with Crippen molar-refractivity contribution in [3.63, 3.8) is 0 Å². The molecule has 2 aromatic carbocycles. The summed E-state index contributed by atoms with van der Waals surface area (Å²) < 4.78 is 55.3. The second-order valence-electron chi connectivity index (χ2n) is 7.43. The number of carbonyl (C=O) groups excluding carboxylic acids is 1. The fourth-order valence-electron chi connectivity index (χ4n) is 3.63. The van der Waals surface area contributed by atoms with Crippen LogP contribution in [0.5, 0.6) is 0 Å². The number of rotatable bonds is 3. The van der Waals surface area contributed by atoms with Gasteiger partial charge in [-0.1, -0.05) is 6.07 Å². The van der Waals surface area contributed by atoms with E-state index in [2.05, 4.69) is 10.1 Å². The smallest absolute Gasteiger partial charge is 0.307 e. The molecular formula is C23H18F4N4O. The molecule has 0 spiro atoms. The molecule has 0 atom stereocenters. The summed E-state index contributed by atoms with van der Waals surface area (Å²) in [5, 5.41) is 4.29. The van der Waals surface area contributed by atoms with Gasteiger partial charge in [0.25, 0.3) is 5.91 Å². The molecular weight excluding hydrogens is 424 g/mol. The Morgan fingerprint density at radius 1 is 1.06 bits per heavy atom. The molecule has 32 heavy (non-hydrogen) atoms. The normalized spacial score (nSPS) is 11.7. The molecule has 0 aliphatic carbocycles. The van der Waals surface area contributed by atoms with Crippen molar-refractivity contribution in [1.82, 2.24) is 14.8 Å². The van der Waals surface area contributed by atoms with Crippen molar-refractivity contribution >= 4 is 22.5 Å². The number of pyridine rings is 1. The fourth-order valence-corrected chi connectivity index (χ4v) is 3.63. The number of halogens is 4. The van der Waals surface area contributed by atoms with E-state index in [4.69, 9.17) is 0 Å². The van der Waals surface area contributed by atoms with Crippen molar-refractivity contribution in [2.45, 2.75) is 13.1 Å². The van der Waals surface area contributed by atoms with Gasteiger partial charge in [-0.05, 0) is 55.0 Å². The van der Waals surface area contributed by atoms with Gasteiger partial charge in [0, 0.05) is 31.2 Å². The summed E-state index contributed by atoms with van der Waals surface area (Å²) in [6.45, 7) is 1.67. The molecule has 4 rings (SSSR count). The summed E-state index contributed by atoms with van der Waals surface area (Å²) in [4.78, 5) is 18.3.